The maximum atomic E-state index is 13.9. The first kappa shape index (κ1) is 16.4. The van der Waals surface area contributed by atoms with Crippen molar-refractivity contribution in [1.29, 1.82) is 0 Å². The van der Waals surface area contributed by atoms with Gasteiger partial charge in [0, 0.05) is 24.7 Å². The van der Waals surface area contributed by atoms with Crippen LogP contribution in [0.5, 0.6) is 0 Å². The molecule has 3 rings (SSSR count). The van der Waals surface area contributed by atoms with Gasteiger partial charge in [-0.1, -0.05) is 25.1 Å². The molecule has 0 aliphatic carbocycles. The van der Waals surface area contributed by atoms with Crippen LogP contribution in [-0.2, 0) is 11.3 Å². The molecule has 2 unspecified atom stereocenters. The van der Waals surface area contributed by atoms with Crippen LogP contribution in [0.1, 0.15) is 51.0 Å². The third-order valence-corrected chi connectivity index (χ3v) is 5.36. The number of benzene rings is 1. The van der Waals surface area contributed by atoms with Crippen molar-refractivity contribution in [3.63, 3.8) is 0 Å². The standard InChI is InChI=1S/C19H27FN2O/c1-2-16-9-5-6-13-22(16)19(23)18-11-7-12-21(18)14-15-8-3-4-10-17(15)20/h3-4,8,10,16,18H,2,5-7,9,11-14H2,1H3. The molecule has 0 N–H and O–H groups in total. The maximum Gasteiger partial charge on any atom is 0.240 e. The molecule has 2 heterocycles. The SMILES string of the molecule is CCC1CCCCN1C(=O)C1CCCN1Cc1ccccc1F. The van der Waals surface area contributed by atoms with E-state index in [1.54, 1.807) is 6.07 Å². The minimum absolute atomic E-state index is 0.0678. The van der Waals surface area contributed by atoms with E-state index in [2.05, 4.69) is 16.7 Å². The Bertz CT molecular complexity index is 548. The van der Waals surface area contributed by atoms with Gasteiger partial charge in [-0.15, -0.1) is 0 Å². The van der Waals surface area contributed by atoms with Gasteiger partial charge >= 0.3 is 0 Å². The maximum absolute atomic E-state index is 13.9. The second-order valence-corrected chi connectivity index (χ2v) is 6.81. The highest BCUT2D eigenvalue weighted by Crippen LogP contribution is 2.27. The number of likely N-dealkylation sites (tertiary alicyclic amines) is 2. The highest BCUT2D eigenvalue weighted by atomic mass is 19.1. The Balaban J connectivity index is 1.70. The molecule has 2 aliphatic heterocycles. The number of nitrogens with zero attached hydrogens (tertiary/aromatic N) is 2. The quantitative estimate of drug-likeness (QED) is 0.847. The zero-order valence-electron chi connectivity index (χ0n) is 14.0. The van der Waals surface area contributed by atoms with E-state index in [0.717, 1.165) is 45.2 Å². The summed E-state index contributed by atoms with van der Waals surface area (Å²) < 4.78 is 13.9. The van der Waals surface area contributed by atoms with Crippen molar-refractivity contribution in [2.45, 2.75) is 64.1 Å². The summed E-state index contributed by atoms with van der Waals surface area (Å²) in [6.45, 7) is 4.48. The molecule has 126 valence electrons. The third kappa shape index (κ3) is 3.57. The number of piperidine rings is 1. The Morgan fingerprint density at radius 3 is 2.78 bits per heavy atom. The van der Waals surface area contributed by atoms with E-state index in [1.165, 1.54) is 12.5 Å². The number of hydrogen-bond donors (Lipinski definition) is 0. The molecule has 2 saturated heterocycles. The molecule has 1 aromatic carbocycles. The van der Waals surface area contributed by atoms with Crippen LogP contribution in [0, 0.1) is 5.82 Å². The molecule has 0 saturated carbocycles. The number of rotatable bonds is 4. The summed E-state index contributed by atoms with van der Waals surface area (Å²) in [4.78, 5) is 17.3. The predicted molar refractivity (Wildman–Crippen MR) is 89.5 cm³/mol. The van der Waals surface area contributed by atoms with Crippen molar-refractivity contribution >= 4 is 5.91 Å². The number of amides is 1. The third-order valence-electron chi connectivity index (χ3n) is 5.36. The van der Waals surface area contributed by atoms with Crippen molar-refractivity contribution in [3.8, 4) is 0 Å². The van der Waals surface area contributed by atoms with Gasteiger partial charge in [0.15, 0.2) is 0 Å². The molecular weight excluding hydrogens is 291 g/mol. The largest absolute Gasteiger partial charge is 0.338 e. The normalized spacial score (nSPS) is 25.7. The van der Waals surface area contributed by atoms with Crippen LogP contribution in [0.15, 0.2) is 24.3 Å². The number of carbonyl (C=O) groups is 1. The van der Waals surface area contributed by atoms with Crippen LogP contribution in [0.3, 0.4) is 0 Å². The van der Waals surface area contributed by atoms with Gasteiger partial charge in [-0.25, -0.2) is 4.39 Å². The lowest BCUT2D eigenvalue weighted by atomic mass is 9.98. The molecule has 0 bridgehead atoms. The molecule has 2 fully saturated rings. The average molecular weight is 318 g/mol. The number of halogens is 1. The van der Waals surface area contributed by atoms with Crippen molar-refractivity contribution in [2.75, 3.05) is 13.1 Å². The Labute approximate surface area is 138 Å². The molecule has 3 nitrogen and oxygen atoms in total. The Hall–Kier alpha value is -1.42. The summed E-state index contributed by atoms with van der Waals surface area (Å²) in [7, 11) is 0. The van der Waals surface area contributed by atoms with Gasteiger partial charge in [-0.05, 0) is 51.1 Å². The Morgan fingerprint density at radius 2 is 2.00 bits per heavy atom. The molecule has 0 radical (unpaired) electrons. The summed E-state index contributed by atoms with van der Waals surface area (Å²) in [5, 5.41) is 0. The number of carbonyl (C=O) groups excluding carboxylic acids is 1. The zero-order chi connectivity index (χ0) is 16.2. The van der Waals surface area contributed by atoms with Crippen molar-refractivity contribution < 1.29 is 9.18 Å². The van der Waals surface area contributed by atoms with Crippen LogP contribution in [0.2, 0.25) is 0 Å². The molecular formula is C19H27FN2O. The minimum atomic E-state index is -0.171. The lowest BCUT2D eigenvalue weighted by Gasteiger charge is -2.38. The molecule has 23 heavy (non-hydrogen) atoms. The number of hydrogen-bond acceptors (Lipinski definition) is 2. The fourth-order valence-corrected chi connectivity index (χ4v) is 4.05. The summed E-state index contributed by atoms with van der Waals surface area (Å²) in [6, 6.07) is 7.23. The Morgan fingerprint density at radius 1 is 1.17 bits per heavy atom. The zero-order valence-corrected chi connectivity index (χ0v) is 14.0. The fourth-order valence-electron chi connectivity index (χ4n) is 4.05. The topological polar surface area (TPSA) is 23.6 Å². The van der Waals surface area contributed by atoms with Gasteiger partial charge in [0.1, 0.15) is 5.82 Å². The molecule has 2 atom stereocenters. The van der Waals surface area contributed by atoms with E-state index >= 15 is 0 Å². The van der Waals surface area contributed by atoms with E-state index in [9.17, 15) is 9.18 Å². The van der Waals surface area contributed by atoms with Crippen LogP contribution in [-0.4, -0.2) is 40.9 Å². The van der Waals surface area contributed by atoms with Crippen LogP contribution in [0.25, 0.3) is 0 Å². The lowest BCUT2D eigenvalue weighted by Crippen LogP contribution is -2.51. The van der Waals surface area contributed by atoms with Crippen molar-refractivity contribution in [2.24, 2.45) is 0 Å². The smallest absolute Gasteiger partial charge is 0.240 e. The van der Waals surface area contributed by atoms with E-state index in [-0.39, 0.29) is 17.8 Å². The van der Waals surface area contributed by atoms with Gasteiger partial charge in [-0.2, -0.15) is 0 Å². The van der Waals surface area contributed by atoms with Gasteiger partial charge < -0.3 is 4.90 Å². The second kappa shape index (κ2) is 7.43. The highest BCUT2D eigenvalue weighted by molar-refractivity contribution is 5.82. The van der Waals surface area contributed by atoms with Gasteiger partial charge in [0.25, 0.3) is 0 Å². The van der Waals surface area contributed by atoms with Gasteiger partial charge in [-0.3, -0.25) is 9.69 Å². The molecule has 1 aromatic rings. The summed E-state index contributed by atoms with van der Waals surface area (Å²) in [6.07, 6.45) is 6.43. The molecule has 2 aliphatic rings. The van der Waals surface area contributed by atoms with Crippen molar-refractivity contribution in [1.82, 2.24) is 9.80 Å². The first-order valence-electron chi connectivity index (χ1n) is 8.98. The predicted octanol–water partition coefficient (Wildman–Crippen LogP) is 3.58. The Kier molecular flexibility index (Phi) is 5.31. The monoisotopic (exact) mass is 318 g/mol. The van der Waals surface area contributed by atoms with E-state index in [0.29, 0.717) is 18.2 Å². The minimum Gasteiger partial charge on any atom is -0.338 e. The fraction of sp³-hybridized carbons (Fsp3) is 0.632. The first-order chi connectivity index (χ1) is 11.2. The second-order valence-electron chi connectivity index (χ2n) is 6.81. The molecule has 4 heteroatoms. The summed E-state index contributed by atoms with van der Waals surface area (Å²) in [5.41, 5.74) is 0.692. The van der Waals surface area contributed by atoms with Crippen LogP contribution >= 0.6 is 0 Å². The van der Waals surface area contributed by atoms with E-state index < -0.39 is 0 Å². The summed E-state index contributed by atoms with van der Waals surface area (Å²) in [5.74, 6) is 0.0976. The first-order valence-corrected chi connectivity index (χ1v) is 8.98. The van der Waals surface area contributed by atoms with E-state index in [1.807, 2.05) is 12.1 Å². The highest BCUT2D eigenvalue weighted by Gasteiger charge is 2.36. The van der Waals surface area contributed by atoms with E-state index in [4.69, 9.17) is 0 Å². The van der Waals surface area contributed by atoms with Crippen LogP contribution in [0.4, 0.5) is 4.39 Å². The van der Waals surface area contributed by atoms with Crippen LogP contribution < -0.4 is 0 Å². The summed E-state index contributed by atoms with van der Waals surface area (Å²) >= 11 is 0. The molecule has 1 amide bonds. The van der Waals surface area contributed by atoms with Gasteiger partial charge in [0.2, 0.25) is 5.91 Å². The average Bonchev–Trinajstić information content (AvgIpc) is 3.04. The lowest BCUT2D eigenvalue weighted by molar-refractivity contribution is -0.140. The molecule has 0 aromatic heterocycles. The van der Waals surface area contributed by atoms with Crippen molar-refractivity contribution in [3.05, 3.63) is 35.6 Å². The molecule has 0 spiro atoms. The van der Waals surface area contributed by atoms with Gasteiger partial charge in [0.05, 0.1) is 6.04 Å².